The zero-order chi connectivity index (χ0) is 28.8. The van der Waals surface area contributed by atoms with E-state index in [-0.39, 0.29) is 17.9 Å². The summed E-state index contributed by atoms with van der Waals surface area (Å²) in [6.07, 6.45) is 0. The minimum Gasteiger partial charge on any atom is -0.495 e. The van der Waals surface area contributed by atoms with Crippen molar-refractivity contribution in [3.05, 3.63) is 119 Å². The lowest BCUT2D eigenvalue weighted by Gasteiger charge is -2.38. The van der Waals surface area contributed by atoms with Gasteiger partial charge in [0.2, 0.25) is 0 Å². The maximum Gasteiger partial charge on any atom is 0.255 e. The molecule has 7 heteroatoms. The number of rotatable bonds is 8. The van der Waals surface area contributed by atoms with Crippen LogP contribution in [0.5, 0.6) is 5.75 Å². The van der Waals surface area contributed by atoms with Gasteiger partial charge in [0.25, 0.3) is 11.8 Å². The lowest BCUT2D eigenvalue weighted by atomic mass is 10.1. The number of hydrogen-bond acceptors (Lipinski definition) is 5. The summed E-state index contributed by atoms with van der Waals surface area (Å²) in [5, 5.41) is 6.12. The average molecular weight is 549 g/mol. The summed E-state index contributed by atoms with van der Waals surface area (Å²) < 4.78 is 5.57. The van der Waals surface area contributed by atoms with Crippen molar-refractivity contribution in [3.8, 4) is 5.75 Å². The number of ether oxygens (including phenoxy) is 1. The van der Waals surface area contributed by atoms with E-state index in [4.69, 9.17) is 4.74 Å². The number of aryl methyl sites for hydroxylation is 1. The molecular formula is C34H36N4O3. The Hall–Kier alpha value is -4.78. The first kappa shape index (κ1) is 27.8. The van der Waals surface area contributed by atoms with E-state index in [1.54, 1.807) is 25.3 Å². The van der Waals surface area contributed by atoms with Gasteiger partial charge < -0.3 is 25.2 Å². The van der Waals surface area contributed by atoms with Gasteiger partial charge in [0.1, 0.15) is 5.75 Å². The molecule has 0 aliphatic carbocycles. The van der Waals surface area contributed by atoms with Crippen LogP contribution in [0.15, 0.2) is 97.1 Å². The minimum absolute atomic E-state index is 0.176. The van der Waals surface area contributed by atoms with Gasteiger partial charge in [0.05, 0.1) is 24.4 Å². The number of nitrogens with zero attached hydrogens (tertiary/aromatic N) is 2. The average Bonchev–Trinajstić information content (AvgIpc) is 3.01. The molecule has 1 atom stereocenters. The maximum atomic E-state index is 13.7. The molecule has 1 unspecified atom stereocenters. The Labute approximate surface area is 241 Å². The molecule has 0 aromatic heterocycles. The van der Waals surface area contributed by atoms with Crippen molar-refractivity contribution < 1.29 is 14.3 Å². The van der Waals surface area contributed by atoms with Crippen LogP contribution in [-0.2, 0) is 0 Å². The van der Waals surface area contributed by atoms with Gasteiger partial charge in [-0.05, 0) is 61.9 Å². The first-order valence-corrected chi connectivity index (χ1v) is 13.9. The number of carbonyl (C=O) groups excluding carboxylic acids is 2. The number of nitrogens with one attached hydrogen (secondary N) is 2. The molecule has 41 heavy (non-hydrogen) atoms. The number of para-hydroxylation sites is 2. The van der Waals surface area contributed by atoms with Crippen LogP contribution in [-0.4, -0.2) is 45.1 Å². The van der Waals surface area contributed by atoms with Crippen molar-refractivity contribution in [1.29, 1.82) is 0 Å². The Morgan fingerprint density at radius 1 is 0.756 bits per heavy atom. The van der Waals surface area contributed by atoms with Gasteiger partial charge >= 0.3 is 0 Å². The molecule has 0 spiro atoms. The fourth-order valence-corrected chi connectivity index (χ4v) is 5.16. The Morgan fingerprint density at radius 2 is 1.39 bits per heavy atom. The van der Waals surface area contributed by atoms with Gasteiger partial charge in [-0.25, -0.2) is 0 Å². The first-order valence-electron chi connectivity index (χ1n) is 13.9. The second-order valence-electron chi connectivity index (χ2n) is 10.3. The highest BCUT2D eigenvalue weighted by atomic mass is 16.5. The quantitative estimate of drug-likeness (QED) is 0.280. The molecule has 1 aliphatic rings. The van der Waals surface area contributed by atoms with Gasteiger partial charge in [-0.15, -0.1) is 0 Å². The third-order valence-electron chi connectivity index (χ3n) is 7.51. The van der Waals surface area contributed by atoms with E-state index < -0.39 is 0 Å². The Bertz CT molecular complexity index is 1500. The van der Waals surface area contributed by atoms with Gasteiger partial charge in [-0.1, -0.05) is 60.2 Å². The van der Waals surface area contributed by atoms with Crippen molar-refractivity contribution in [1.82, 2.24) is 5.32 Å². The molecule has 0 bridgehead atoms. The summed E-state index contributed by atoms with van der Waals surface area (Å²) in [6.45, 7) is 7.00. The largest absolute Gasteiger partial charge is 0.495 e. The standard InChI is InChI=1S/C34H36N4O3/c1-24-13-15-27(16-14-24)33(39)36-28-17-18-30(29(23-28)34(40)35-25(2)26-9-5-4-6-10-26)37-19-21-38(22-20-37)31-11-7-8-12-32(31)41-3/h4-18,23,25H,19-22H2,1-3H3,(H,35,40)(H,36,39). The highest BCUT2D eigenvalue weighted by molar-refractivity contribution is 6.06. The van der Waals surface area contributed by atoms with E-state index >= 15 is 0 Å². The van der Waals surface area contributed by atoms with E-state index in [2.05, 4.69) is 26.5 Å². The number of anilines is 3. The summed E-state index contributed by atoms with van der Waals surface area (Å²) >= 11 is 0. The SMILES string of the molecule is COc1ccccc1N1CCN(c2ccc(NC(=O)c3ccc(C)cc3)cc2C(=O)NC(C)c2ccccc2)CC1. The number of carbonyl (C=O) groups is 2. The van der Waals surface area contributed by atoms with Crippen LogP contribution in [0, 0.1) is 6.92 Å². The molecule has 1 aliphatic heterocycles. The summed E-state index contributed by atoms with van der Waals surface area (Å²) in [5.74, 6) is 0.451. The Balaban J connectivity index is 1.38. The van der Waals surface area contributed by atoms with Gasteiger partial charge in [-0.3, -0.25) is 9.59 Å². The lowest BCUT2D eigenvalue weighted by molar-refractivity contribution is 0.0939. The van der Waals surface area contributed by atoms with Crippen molar-refractivity contribution in [2.45, 2.75) is 19.9 Å². The van der Waals surface area contributed by atoms with Gasteiger partial charge in [0.15, 0.2) is 0 Å². The van der Waals surface area contributed by atoms with Crippen LogP contribution in [0.2, 0.25) is 0 Å². The molecule has 210 valence electrons. The zero-order valence-corrected chi connectivity index (χ0v) is 23.8. The minimum atomic E-state index is -0.216. The summed E-state index contributed by atoms with van der Waals surface area (Å²) in [6, 6.07) is 30.8. The normalized spacial score (nSPS) is 13.8. The Kier molecular flexibility index (Phi) is 8.53. The molecule has 5 rings (SSSR count). The van der Waals surface area contributed by atoms with Crippen LogP contribution < -0.4 is 25.2 Å². The molecule has 7 nitrogen and oxygen atoms in total. The lowest BCUT2D eigenvalue weighted by Crippen LogP contribution is -2.47. The van der Waals surface area contributed by atoms with Crippen molar-refractivity contribution in [2.24, 2.45) is 0 Å². The van der Waals surface area contributed by atoms with E-state index in [9.17, 15) is 9.59 Å². The molecule has 0 saturated carbocycles. The van der Waals surface area contributed by atoms with Crippen LogP contribution in [0.25, 0.3) is 0 Å². The fourth-order valence-electron chi connectivity index (χ4n) is 5.16. The predicted molar refractivity (Wildman–Crippen MR) is 165 cm³/mol. The first-order chi connectivity index (χ1) is 19.9. The van der Waals surface area contributed by atoms with Crippen LogP contribution in [0.1, 0.15) is 44.8 Å². The third kappa shape index (κ3) is 6.52. The smallest absolute Gasteiger partial charge is 0.255 e. The van der Waals surface area contributed by atoms with Crippen LogP contribution in [0.3, 0.4) is 0 Å². The fraction of sp³-hybridized carbons (Fsp3) is 0.235. The molecule has 4 aromatic rings. The highest BCUT2D eigenvalue weighted by Gasteiger charge is 2.24. The van der Waals surface area contributed by atoms with Gasteiger partial charge in [-0.2, -0.15) is 0 Å². The molecule has 1 fully saturated rings. The molecule has 1 saturated heterocycles. The highest BCUT2D eigenvalue weighted by Crippen LogP contribution is 2.31. The number of methoxy groups -OCH3 is 1. The number of piperazine rings is 1. The summed E-state index contributed by atoms with van der Waals surface area (Å²) in [5.41, 5.74) is 5.69. The number of amides is 2. The Morgan fingerprint density at radius 3 is 2.07 bits per heavy atom. The molecule has 2 N–H and O–H groups in total. The summed E-state index contributed by atoms with van der Waals surface area (Å²) in [4.78, 5) is 31.2. The second kappa shape index (κ2) is 12.6. The van der Waals surface area contributed by atoms with E-state index in [0.717, 1.165) is 54.4 Å². The maximum absolute atomic E-state index is 13.7. The van der Waals surface area contributed by atoms with Crippen LogP contribution in [0.4, 0.5) is 17.1 Å². The number of hydrogen-bond donors (Lipinski definition) is 2. The van der Waals surface area contributed by atoms with Crippen molar-refractivity contribution >= 4 is 28.9 Å². The monoisotopic (exact) mass is 548 g/mol. The predicted octanol–water partition coefficient (Wildman–Crippen LogP) is 6.07. The van der Waals surface area contributed by atoms with Crippen LogP contribution >= 0.6 is 0 Å². The van der Waals surface area contributed by atoms with E-state index in [1.165, 1.54) is 0 Å². The van der Waals surface area contributed by atoms with E-state index in [1.807, 2.05) is 86.6 Å². The second-order valence-corrected chi connectivity index (χ2v) is 10.3. The molecule has 0 radical (unpaired) electrons. The third-order valence-corrected chi connectivity index (χ3v) is 7.51. The van der Waals surface area contributed by atoms with Crippen molar-refractivity contribution in [2.75, 3.05) is 48.4 Å². The van der Waals surface area contributed by atoms with Crippen molar-refractivity contribution in [3.63, 3.8) is 0 Å². The van der Waals surface area contributed by atoms with E-state index in [0.29, 0.717) is 16.8 Å². The molecule has 1 heterocycles. The summed E-state index contributed by atoms with van der Waals surface area (Å²) in [7, 11) is 1.69. The number of benzene rings is 4. The molecule has 4 aromatic carbocycles. The zero-order valence-electron chi connectivity index (χ0n) is 23.8. The van der Waals surface area contributed by atoms with Gasteiger partial charge in [0, 0.05) is 43.1 Å². The molecule has 2 amide bonds. The topological polar surface area (TPSA) is 73.9 Å². The molecular weight excluding hydrogens is 512 g/mol.